The Hall–Kier alpha value is -1.95. The molecule has 6 nitrogen and oxygen atoms in total. The first-order valence-electron chi connectivity index (χ1n) is 7.15. The summed E-state index contributed by atoms with van der Waals surface area (Å²) >= 11 is 0. The fourth-order valence-electron chi connectivity index (χ4n) is 2.06. The van der Waals surface area contributed by atoms with Crippen LogP contribution in [0.3, 0.4) is 0 Å². The van der Waals surface area contributed by atoms with E-state index in [-0.39, 0.29) is 0 Å². The van der Waals surface area contributed by atoms with Crippen molar-refractivity contribution in [2.75, 3.05) is 47.1 Å². The zero-order chi connectivity index (χ0) is 14.9. The Kier molecular flexibility index (Phi) is 6.15. The first-order chi connectivity index (χ1) is 10.3. The second-order valence-electron chi connectivity index (χ2n) is 4.65. The van der Waals surface area contributed by atoms with Crippen LogP contribution in [-0.2, 0) is 11.2 Å². The van der Waals surface area contributed by atoms with Crippen LogP contribution in [0.2, 0.25) is 0 Å². The molecule has 0 spiro atoms. The van der Waals surface area contributed by atoms with Crippen molar-refractivity contribution in [3.63, 3.8) is 0 Å². The van der Waals surface area contributed by atoms with E-state index in [1.807, 2.05) is 12.1 Å². The summed E-state index contributed by atoms with van der Waals surface area (Å²) in [5, 5.41) is 6.44. The van der Waals surface area contributed by atoms with Gasteiger partial charge in [-0.25, -0.2) is 0 Å². The molecule has 0 unspecified atom stereocenters. The van der Waals surface area contributed by atoms with E-state index in [1.54, 1.807) is 14.2 Å². The average molecular weight is 293 g/mol. The maximum Gasteiger partial charge on any atom is 0.191 e. The van der Waals surface area contributed by atoms with Crippen molar-refractivity contribution in [3.05, 3.63) is 23.8 Å². The van der Waals surface area contributed by atoms with Crippen LogP contribution in [-0.4, -0.2) is 53.0 Å². The van der Waals surface area contributed by atoms with Gasteiger partial charge in [0.25, 0.3) is 0 Å². The molecule has 2 N–H and O–H groups in total. The lowest BCUT2D eigenvalue weighted by molar-refractivity contribution is 0.171. The van der Waals surface area contributed by atoms with E-state index >= 15 is 0 Å². The number of nitrogens with one attached hydrogen (secondary N) is 2. The van der Waals surface area contributed by atoms with Gasteiger partial charge in [0, 0.05) is 27.2 Å². The topological polar surface area (TPSA) is 64.1 Å². The number of hydrogen-bond acceptors (Lipinski definition) is 4. The van der Waals surface area contributed by atoms with Crippen molar-refractivity contribution in [1.29, 1.82) is 0 Å². The molecular weight excluding hydrogens is 270 g/mol. The highest BCUT2D eigenvalue weighted by Gasteiger charge is 2.11. The van der Waals surface area contributed by atoms with E-state index < -0.39 is 0 Å². The van der Waals surface area contributed by atoms with Gasteiger partial charge in [0.05, 0.1) is 6.61 Å². The summed E-state index contributed by atoms with van der Waals surface area (Å²) < 4.78 is 16.1. The van der Waals surface area contributed by atoms with Crippen LogP contribution in [0.15, 0.2) is 23.2 Å². The SMILES string of the molecule is CN=C(NCCOC)NCCc1ccc2c(c1)OCCO2. The lowest BCUT2D eigenvalue weighted by atomic mass is 10.1. The summed E-state index contributed by atoms with van der Waals surface area (Å²) in [6.07, 6.45) is 0.890. The Morgan fingerprint density at radius 2 is 1.95 bits per heavy atom. The Labute approximate surface area is 125 Å². The Morgan fingerprint density at radius 3 is 2.71 bits per heavy atom. The molecule has 0 bridgehead atoms. The minimum Gasteiger partial charge on any atom is -0.486 e. The standard InChI is InChI=1S/C15H23N3O3/c1-16-15(18-7-8-19-2)17-6-5-12-3-4-13-14(11-12)21-10-9-20-13/h3-4,11H,5-10H2,1-2H3,(H2,16,17,18). The van der Waals surface area contributed by atoms with Crippen molar-refractivity contribution < 1.29 is 14.2 Å². The van der Waals surface area contributed by atoms with Crippen molar-refractivity contribution in [2.24, 2.45) is 4.99 Å². The van der Waals surface area contributed by atoms with Gasteiger partial charge in [-0.3, -0.25) is 4.99 Å². The van der Waals surface area contributed by atoms with Crippen LogP contribution >= 0.6 is 0 Å². The van der Waals surface area contributed by atoms with Crippen LogP contribution < -0.4 is 20.1 Å². The number of fused-ring (bicyclic) bond motifs is 1. The summed E-state index contributed by atoms with van der Waals surface area (Å²) in [7, 11) is 3.44. The van der Waals surface area contributed by atoms with E-state index in [9.17, 15) is 0 Å². The van der Waals surface area contributed by atoms with Crippen LogP contribution in [0.4, 0.5) is 0 Å². The normalized spacial score (nSPS) is 13.9. The molecule has 21 heavy (non-hydrogen) atoms. The fourth-order valence-corrected chi connectivity index (χ4v) is 2.06. The van der Waals surface area contributed by atoms with Crippen LogP contribution in [0.1, 0.15) is 5.56 Å². The largest absolute Gasteiger partial charge is 0.486 e. The summed E-state index contributed by atoms with van der Waals surface area (Å²) in [6, 6.07) is 6.07. The number of guanidine groups is 1. The van der Waals surface area contributed by atoms with Crippen LogP contribution in [0.25, 0.3) is 0 Å². The second-order valence-corrected chi connectivity index (χ2v) is 4.65. The molecule has 0 aliphatic carbocycles. The van der Waals surface area contributed by atoms with Gasteiger partial charge in [-0.1, -0.05) is 6.07 Å². The number of rotatable bonds is 6. The first-order valence-corrected chi connectivity index (χ1v) is 7.15. The maximum absolute atomic E-state index is 5.58. The summed E-state index contributed by atoms with van der Waals surface area (Å²) in [4.78, 5) is 4.16. The van der Waals surface area contributed by atoms with Gasteiger partial charge < -0.3 is 24.8 Å². The number of aliphatic imine (C=N–C) groups is 1. The zero-order valence-electron chi connectivity index (χ0n) is 12.6. The van der Waals surface area contributed by atoms with Gasteiger partial charge in [-0.15, -0.1) is 0 Å². The lowest BCUT2D eigenvalue weighted by Crippen LogP contribution is -2.39. The van der Waals surface area contributed by atoms with Crippen molar-refractivity contribution in [2.45, 2.75) is 6.42 Å². The highest BCUT2D eigenvalue weighted by Crippen LogP contribution is 2.30. The predicted molar refractivity (Wildman–Crippen MR) is 82.4 cm³/mol. The molecule has 0 aromatic heterocycles. The average Bonchev–Trinajstić information content (AvgIpc) is 2.53. The molecule has 6 heteroatoms. The summed E-state index contributed by atoms with van der Waals surface area (Å²) in [5.41, 5.74) is 1.21. The Balaban J connectivity index is 1.77. The van der Waals surface area contributed by atoms with Crippen molar-refractivity contribution >= 4 is 5.96 Å². The molecule has 0 radical (unpaired) electrons. The van der Waals surface area contributed by atoms with Gasteiger partial charge in [0.15, 0.2) is 17.5 Å². The third kappa shape index (κ3) is 4.82. The molecule has 0 atom stereocenters. The van der Waals surface area contributed by atoms with Crippen LogP contribution in [0, 0.1) is 0 Å². The molecule has 0 fully saturated rings. The number of hydrogen-bond donors (Lipinski definition) is 2. The highest BCUT2D eigenvalue weighted by atomic mass is 16.6. The highest BCUT2D eigenvalue weighted by molar-refractivity contribution is 5.79. The Morgan fingerprint density at radius 1 is 1.19 bits per heavy atom. The van der Waals surface area contributed by atoms with Crippen molar-refractivity contribution in [1.82, 2.24) is 10.6 Å². The molecule has 0 amide bonds. The molecule has 0 saturated heterocycles. The van der Waals surface area contributed by atoms with E-state index in [0.29, 0.717) is 19.8 Å². The Bertz CT molecular complexity index is 477. The molecule has 1 aliphatic rings. The van der Waals surface area contributed by atoms with Crippen molar-refractivity contribution in [3.8, 4) is 11.5 Å². The predicted octanol–water partition coefficient (Wildman–Crippen LogP) is 0.812. The number of benzene rings is 1. The van der Waals surface area contributed by atoms with Gasteiger partial charge in [-0.2, -0.15) is 0 Å². The van der Waals surface area contributed by atoms with E-state index in [2.05, 4.69) is 21.7 Å². The molecule has 1 aromatic rings. The first kappa shape index (κ1) is 15.4. The van der Waals surface area contributed by atoms with Gasteiger partial charge in [0.1, 0.15) is 13.2 Å². The van der Waals surface area contributed by atoms with Gasteiger partial charge >= 0.3 is 0 Å². The summed E-state index contributed by atoms with van der Waals surface area (Å²) in [6.45, 7) is 3.43. The molecule has 116 valence electrons. The molecule has 2 rings (SSSR count). The molecular formula is C15H23N3O3. The monoisotopic (exact) mass is 293 g/mol. The van der Waals surface area contributed by atoms with E-state index in [0.717, 1.165) is 37.0 Å². The van der Waals surface area contributed by atoms with Gasteiger partial charge in [0.2, 0.25) is 0 Å². The molecule has 0 saturated carbocycles. The van der Waals surface area contributed by atoms with Crippen LogP contribution in [0.5, 0.6) is 11.5 Å². The molecule has 1 heterocycles. The molecule has 1 aliphatic heterocycles. The number of nitrogens with zero attached hydrogens (tertiary/aromatic N) is 1. The van der Waals surface area contributed by atoms with E-state index in [1.165, 1.54) is 5.56 Å². The quantitative estimate of drug-likeness (QED) is 0.462. The minimum absolute atomic E-state index is 0.616. The zero-order valence-corrected chi connectivity index (χ0v) is 12.6. The minimum atomic E-state index is 0.616. The number of methoxy groups -OCH3 is 1. The molecule has 1 aromatic carbocycles. The summed E-state index contributed by atoms with van der Waals surface area (Å²) in [5.74, 6) is 2.45. The fraction of sp³-hybridized carbons (Fsp3) is 0.533. The van der Waals surface area contributed by atoms with Gasteiger partial charge in [-0.05, 0) is 24.1 Å². The third-order valence-corrected chi connectivity index (χ3v) is 3.13. The lowest BCUT2D eigenvalue weighted by Gasteiger charge is -2.19. The smallest absolute Gasteiger partial charge is 0.191 e. The van der Waals surface area contributed by atoms with E-state index in [4.69, 9.17) is 14.2 Å². The second kappa shape index (κ2) is 8.36. The third-order valence-electron chi connectivity index (χ3n) is 3.13. The maximum atomic E-state index is 5.58. The number of ether oxygens (including phenoxy) is 3.